The minimum absolute atomic E-state index is 0.0497. The maximum atomic E-state index is 11.9. The number of carbonyl (C=O) groups excluding carboxylic acids is 2. The monoisotopic (exact) mass is 369 g/mol. The third-order valence-corrected chi connectivity index (χ3v) is 4.62. The number of likely N-dealkylation sites (N-methyl/N-ethyl adjacent to an activating group) is 1. The van der Waals surface area contributed by atoms with Gasteiger partial charge in [-0.05, 0) is 35.9 Å². The Hall–Kier alpha value is -3.11. The second-order valence-electron chi connectivity index (χ2n) is 6.63. The summed E-state index contributed by atoms with van der Waals surface area (Å²) in [5.41, 5.74) is 2.75. The summed E-state index contributed by atoms with van der Waals surface area (Å²) in [5.74, 6) is -0.937. The van der Waals surface area contributed by atoms with Gasteiger partial charge in [-0.25, -0.2) is 4.79 Å². The second-order valence-corrected chi connectivity index (χ2v) is 6.63. The number of aliphatic hydroxyl groups is 1. The maximum Gasteiger partial charge on any atom is 0.337 e. The predicted octanol–water partition coefficient (Wildman–Crippen LogP) is 1.64. The van der Waals surface area contributed by atoms with E-state index in [-0.39, 0.29) is 18.7 Å². The molecule has 0 unspecified atom stereocenters. The van der Waals surface area contributed by atoms with E-state index < -0.39 is 17.3 Å². The summed E-state index contributed by atoms with van der Waals surface area (Å²) in [6, 6.07) is 7.24. The van der Waals surface area contributed by atoms with Crippen LogP contribution >= 0.6 is 0 Å². The number of methoxy groups -OCH3 is 1. The molecule has 1 aromatic carbocycles. The number of nitrogens with one attached hydrogen (secondary N) is 1. The SMILES string of the molecule is COC(=O)c1ccc2c(c1)C(C)(C)C(=CC=C(C#N)C(=O)NCCO)N2C. The quantitative estimate of drug-likeness (QED) is 0.465. The number of hydrogen-bond donors (Lipinski definition) is 2. The van der Waals surface area contributed by atoms with Gasteiger partial charge in [0, 0.05) is 30.4 Å². The lowest BCUT2D eigenvalue weighted by Gasteiger charge is -2.23. The fourth-order valence-corrected chi connectivity index (χ4v) is 3.17. The van der Waals surface area contributed by atoms with Crippen molar-refractivity contribution in [2.75, 3.05) is 32.2 Å². The summed E-state index contributed by atoms with van der Waals surface area (Å²) in [6.07, 6.45) is 3.20. The summed E-state index contributed by atoms with van der Waals surface area (Å²) in [6.45, 7) is 3.91. The standard InChI is InChI=1S/C20H23N3O4/c1-20(2)15-11-13(19(26)27-4)5-7-16(15)23(3)17(20)8-6-14(12-21)18(25)22-9-10-24/h5-8,11,24H,9-10H2,1-4H3,(H,22,25). The molecule has 1 aliphatic rings. The number of nitrogens with zero attached hydrogens (tertiary/aromatic N) is 2. The molecule has 1 heterocycles. The van der Waals surface area contributed by atoms with Crippen LogP contribution in [0.4, 0.5) is 5.69 Å². The van der Waals surface area contributed by atoms with Gasteiger partial charge in [0.2, 0.25) is 0 Å². The minimum atomic E-state index is -0.535. The van der Waals surface area contributed by atoms with Gasteiger partial charge in [0.1, 0.15) is 11.6 Å². The molecule has 2 N–H and O–H groups in total. The number of hydrogen-bond acceptors (Lipinski definition) is 6. The van der Waals surface area contributed by atoms with Crippen LogP contribution < -0.4 is 10.2 Å². The van der Waals surface area contributed by atoms with Crippen molar-refractivity contribution < 1.29 is 19.4 Å². The van der Waals surface area contributed by atoms with Crippen molar-refractivity contribution in [1.29, 1.82) is 5.26 Å². The number of carbonyl (C=O) groups is 2. The van der Waals surface area contributed by atoms with Crippen LogP contribution in [0.15, 0.2) is 41.6 Å². The molecule has 0 spiro atoms. The van der Waals surface area contributed by atoms with Gasteiger partial charge in [0.25, 0.3) is 5.91 Å². The third-order valence-electron chi connectivity index (χ3n) is 4.62. The number of rotatable bonds is 5. The molecule has 0 atom stereocenters. The molecule has 1 amide bonds. The Morgan fingerprint density at radius 2 is 2.11 bits per heavy atom. The van der Waals surface area contributed by atoms with Crippen molar-refractivity contribution in [2.45, 2.75) is 19.3 Å². The lowest BCUT2D eigenvalue weighted by molar-refractivity contribution is -0.117. The van der Waals surface area contributed by atoms with Crippen molar-refractivity contribution in [2.24, 2.45) is 0 Å². The normalized spacial score (nSPS) is 16.7. The Bertz CT molecular complexity index is 862. The minimum Gasteiger partial charge on any atom is -0.465 e. The van der Waals surface area contributed by atoms with Gasteiger partial charge in [0.05, 0.1) is 19.3 Å². The molecule has 0 bridgehead atoms. The smallest absolute Gasteiger partial charge is 0.337 e. The first-order valence-electron chi connectivity index (χ1n) is 8.46. The third kappa shape index (κ3) is 3.86. The van der Waals surface area contributed by atoms with Crippen molar-refractivity contribution in [3.05, 3.63) is 52.7 Å². The highest BCUT2D eigenvalue weighted by Gasteiger charge is 2.38. The number of ether oxygens (including phenoxy) is 1. The molecule has 0 aliphatic carbocycles. The highest BCUT2D eigenvalue weighted by atomic mass is 16.5. The number of esters is 1. The van der Waals surface area contributed by atoms with Crippen LogP contribution in [-0.2, 0) is 14.9 Å². The molecule has 1 aromatic rings. The van der Waals surface area contributed by atoms with E-state index in [2.05, 4.69) is 5.32 Å². The van der Waals surface area contributed by atoms with E-state index in [1.165, 1.54) is 13.2 Å². The van der Waals surface area contributed by atoms with Gasteiger partial charge >= 0.3 is 5.97 Å². The highest BCUT2D eigenvalue weighted by Crippen LogP contribution is 2.47. The molecule has 142 valence electrons. The van der Waals surface area contributed by atoms with Crippen molar-refractivity contribution >= 4 is 17.6 Å². The molecule has 2 rings (SSSR count). The predicted molar refractivity (Wildman–Crippen MR) is 101 cm³/mol. The number of benzene rings is 1. The molecular weight excluding hydrogens is 346 g/mol. The molecule has 0 radical (unpaired) electrons. The first-order chi connectivity index (χ1) is 12.8. The summed E-state index contributed by atoms with van der Waals surface area (Å²) in [4.78, 5) is 25.8. The van der Waals surface area contributed by atoms with E-state index in [9.17, 15) is 14.9 Å². The van der Waals surface area contributed by atoms with E-state index >= 15 is 0 Å². The fraction of sp³-hybridized carbons (Fsp3) is 0.350. The average Bonchev–Trinajstić information content (AvgIpc) is 2.85. The van der Waals surface area contributed by atoms with Crippen LogP contribution in [0.25, 0.3) is 0 Å². The number of nitriles is 1. The van der Waals surface area contributed by atoms with E-state index in [1.54, 1.807) is 18.2 Å². The van der Waals surface area contributed by atoms with E-state index in [1.807, 2.05) is 37.9 Å². The molecule has 0 saturated heterocycles. The number of anilines is 1. The van der Waals surface area contributed by atoms with E-state index in [0.717, 1.165) is 16.9 Å². The lowest BCUT2D eigenvalue weighted by Crippen LogP contribution is -2.27. The zero-order chi connectivity index (χ0) is 20.2. The van der Waals surface area contributed by atoms with Crippen LogP contribution in [0.1, 0.15) is 29.8 Å². The summed E-state index contributed by atoms with van der Waals surface area (Å²) in [7, 11) is 3.23. The summed E-state index contributed by atoms with van der Waals surface area (Å²) >= 11 is 0. The molecule has 0 fully saturated rings. The van der Waals surface area contributed by atoms with E-state index in [4.69, 9.17) is 9.84 Å². The molecular formula is C20H23N3O4. The zero-order valence-corrected chi connectivity index (χ0v) is 15.9. The Balaban J connectivity index is 2.42. The van der Waals surface area contributed by atoms with Crippen molar-refractivity contribution in [3.8, 4) is 6.07 Å². The molecule has 0 aromatic heterocycles. The van der Waals surface area contributed by atoms with Crippen molar-refractivity contribution in [1.82, 2.24) is 5.32 Å². The highest BCUT2D eigenvalue weighted by molar-refractivity contribution is 5.97. The average molecular weight is 369 g/mol. The number of amides is 1. The Labute approximate surface area is 158 Å². The Morgan fingerprint density at radius 1 is 1.41 bits per heavy atom. The number of aliphatic hydroxyl groups excluding tert-OH is 1. The van der Waals surface area contributed by atoms with Gasteiger partial charge < -0.3 is 20.1 Å². The van der Waals surface area contributed by atoms with Gasteiger partial charge in [-0.2, -0.15) is 5.26 Å². The maximum absolute atomic E-state index is 11.9. The van der Waals surface area contributed by atoms with Gasteiger partial charge in [0.15, 0.2) is 0 Å². The fourth-order valence-electron chi connectivity index (χ4n) is 3.17. The molecule has 7 nitrogen and oxygen atoms in total. The lowest BCUT2D eigenvalue weighted by atomic mass is 9.83. The topological polar surface area (TPSA) is 103 Å². The molecule has 1 aliphatic heterocycles. The van der Waals surface area contributed by atoms with Crippen LogP contribution in [0.5, 0.6) is 0 Å². The largest absolute Gasteiger partial charge is 0.465 e. The van der Waals surface area contributed by atoms with E-state index in [0.29, 0.717) is 5.56 Å². The first-order valence-corrected chi connectivity index (χ1v) is 8.46. The van der Waals surface area contributed by atoms with Crippen LogP contribution in [0, 0.1) is 11.3 Å². The molecule has 0 saturated carbocycles. The number of fused-ring (bicyclic) bond motifs is 1. The van der Waals surface area contributed by atoms with Crippen LogP contribution in [-0.4, -0.2) is 44.3 Å². The Kier molecular flexibility index (Phi) is 6.03. The van der Waals surface area contributed by atoms with Crippen LogP contribution in [0.3, 0.4) is 0 Å². The van der Waals surface area contributed by atoms with Gasteiger partial charge in [-0.1, -0.05) is 13.8 Å². The number of allylic oxidation sites excluding steroid dienone is 3. The van der Waals surface area contributed by atoms with Gasteiger partial charge in [-0.15, -0.1) is 0 Å². The second kappa shape index (κ2) is 8.06. The molecule has 7 heteroatoms. The molecule has 27 heavy (non-hydrogen) atoms. The van der Waals surface area contributed by atoms with Crippen molar-refractivity contribution in [3.63, 3.8) is 0 Å². The summed E-state index contributed by atoms with van der Waals surface area (Å²) in [5, 5.41) is 20.5. The van der Waals surface area contributed by atoms with Gasteiger partial charge in [-0.3, -0.25) is 4.79 Å². The summed E-state index contributed by atoms with van der Waals surface area (Å²) < 4.78 is 4.80. The Morgan fingerprint density at radius 3 is 2.70 bits per heavy atom. The van der Waals surface area contributed by atoms with Crippen LogP contribution in [0.2, 0.25) is 0 Å². The zero-order valence-electron chi connectivity index (χ0n) is 15.9. The first kappa shape index (κ1) is 20.2.